The number of hydrogen-bond acceptors (Lipinski definition) is 0. The van der Waals surface area contributed by atoms with Gasteiger partial charge in [-0.05, 0) is 72.8 Å². The van der Waals surface area contributed by atoms with E-state index in [0.29, 0.717) is 5.92 Å². The third-order valence-electron chi connectivity index (χ3n) is 6.60. The first-order valence-corrected chi connectivity index (χ1v) is 9.42. The van der Waals surface area contributed by atoms with Crippen LogP contribution in [0, 0.1) is 23.6 Å². The summed E-state index contributed by atoms with van der Waals surface area (Å²) in [6.45, 7) is 2.34. The van der Waals surface area contributed by atoms with Gasteiger partial charge in [-0.25, -0.2) is 4.39 Å². The monoisotopic (exact) mass is 310 g/mol. The van der Waals surface area contributed by atoms with Crippen molar-refractivity contribution in [1.82, 2.24) is 0 Å². The molecule has 2 aliphatic carbocycles. The Morgan fingerprint density at radius 3 is 2.61 bits per heavy atom. The van der Waals surface area contributed by atoms with Crippen molar-refractivity contribution in [3.05, 3.63) is 47.8 Å². The van der Waals surface area contributed by atoms with E-state index in [1.54, 1.807) is 0 Å². The van der Waals surface area contributed by atoms with Crippen LogP contribution in [-0.2, 0) is 0 Å². The normalized spacial score (nSPS) is 31.0. The summed E-state index contributed by atoms with van der Waals surface area (Å²) in [4.78, 5) is 0. The van der Waals surface area contributed by atoms with Gasteiger partial charge in [-0.1, -0.05) is 50.1 Å². The first-order valence-electron chi connectivity index (χ1n) is 9.42. The average molecular weight is 310 g/mol. The van der Waals surface area contributed by atoms with Gasteiger partial charge in [0, 0.05) is 5.39 Å². The molecule has 0 aromatic heterocycles. The highest BCUT2D eigenvalue weighted by molar-refractivity contribution is 5.83. The van der Waals surface area contributed by atoms with Crippen molar-refractivity contribution in [2.75, 3.05) is 0 Å². The van der Waals surface area contributed by atoms with Crippen LogP contribution < -0.4 is 0 Å². The highest BCUT2D eigenvalue weighted by Crippen LogP contribution is 2.48. The second kappa shape index (κ2) is 6.26. The zero-order chi connectivity index (χ0) is 15.8. The lowest BCUT2D eigenvalue weighted by molar-refractivity contribution is 0.116. The minimum atomic E-state index is -0.0464. The van der Waals surface area contributed by atoms with Gasteiger partial charge in [0.15, 0.2) is 0 Å². The Labute approximate surface area is 139 Å². The lowest BCUT2D eigenvalue weighted by atomic mass is 9.63. The predicted molar refractivity (Wildman–Crippen MR) is 95.1 cm³/mol. The van der Waals surface area contributed by atoms with Crippen LogP contribution in [0.2, 0.25) is 0 Å². The lowest BCUT2D eigenvalue weighted by Crippen LogP contribution is -2.30. The number of benzene rings is 2. The summed E-state index contributed by atoms with van der Waals surface area (Å²) in [5, 5.41) is 1.81. The molecule has 0 heterocycles. The van der Waals surface area contributed by atoms with E-state index < -0.39 is 0 Å². The van der Waals surface area contributed by atoms with Crippen molar-refractivity contribution >= 4 is 10.8 Å². The van der Waals surface area contributed by atoms with Crippen LogP contribution in [0.3, 0.4) is 0 Å². The van der Waals surface area contributed by atoms with Crippen LogP contribution in [0.25, 0.3) is 10.8 Å². The maximum absolute atomic E-state index is 14.4. The van der Waals surface area contributed by atoms with Crippen molar-refractivity contribution in [3.63, 3.8) is 0 Å². The third-order valence-corrected chi connectivity index (χ3v) is 6.60. The van der Waals surface area contributed by atoms with E-state index in [-0.39, 0.29) is 5.82 Å². The quantitative estimate of drug-likeness (QED) is 0.579. The fourth-order valence-electron chi connectivity index (χ4n) is 5.18. The van der Waals surface area contributed by atoms with Gasteiger partial charge in [-0.3, -0.25) is 0 Å². The first kappa shape index (κ1) is 15.2. The molecule has 4 unspecified atom stereocenters. The molecule has 0 N–H and O–H groups in total. The molecule has 2 fully saturated rings. The molecule has 4 atom stereocenters. The maximum Gasteiger partial charge on any atom is 0.131 e. The zero-order valence-corrected chi connectivity index (χ0v) is 14.1. The molecule has 1 heteroatoms. The fourth-order valence-corrected chi connectivity index (χ4v) is 5.18. The summed E-state index contributed by atoms with van der Waals surface area (Å²) in [5.41, 5.74) is 1.23. The summed E-state index contributed by atoms with van der Waals surface area (Å²) in [6.07, 6.45) is 9.48. The van der Waals surface area contributed by atoms with Gasteiger partial charge in [0.2, 0.25) is 0 Å². The molecule has 0 bridgehead atoms. The molecule has 0 radical (unpaired) electrons. The Balaban J connectivity index is 1.56. The Bertz CT molecular complexity index is 689. The largest absolute Gasteiger partial charge is 0.206 e. The summed E-state index contributed by atoms with van der Waals surface area (Å²) >= 11 is 0. The average Bonchev–Trinajstić information content (AvgIpc) is 2.60. The molecule has 0 aliphatic heterocycles. The van der Waals surface area contributed by atoms with Gasteiger partial charge in [-0.2, -0.15) is 0 Å². The van der Waals surface area contributed by atoms with Crippen LogP contribution in [0.15, 0.2) is 36.4 Å². The van der Waals surface area contributed by atoms with Gasteiger partial charge in [0.1, 0.15) is 5.82 Å². The molecule has 23 heavy (non-hydrogen) atoms. The van der Waals surface area contributed by atoms with Crippen molar-refractivity contribution in [1.29, 1.82) is 0 Å². The minimum absolute atomic E-state index is 0.0464. The Kier molecular flexibility index (Phi) is 4.13. The molecule has 2 aromatic carbocycles. The van der Waals surface area contributed by atoms with Crippen LogP contribution in [0.5, 0.6) is 0 Å². The number of hydrogen-bond donors (Lipinski definition) is 0. The molecular formula is C22H27F. The smallest absolute Gasteiger partial charge is 0.131 e. The van der Waals surface area contributed by atoms with Gasteiger partial charge in [0.05, 0.1) is 0 Å². The van der Waals surface area contributed by atoms with Gasteiger partial charge < -0.3 is 0 Å². The van der Waals surface area contributed by atoms with E-state index in [4.69, 9.17) is 0 Å². The van der Waals surface area contributed by atoms with E-state index in [1.165, 1.54) is 50.5 Å². The van der Waals surface area contributed by atoms with E-state index in [9.17, 15) is 4.39 Å². The van der Waals surface area contributed by atoms with E-state index in [1.807, 2.05) is 30.3 Å². The highest BCUT2D eigenvalue weighted by atomic mass is 19.1. The first-order chi connectivity index (χ1) is 11.2. The lowest BCUT2D eigenvalue weighted by Gasteiger charge is -2.42. The van der Waals surface area contributed by atoms with Crippen molar-refractivity contribution in [2.24, 2.45) is 17.8 Å². The topological polar surface area (TPSA) is 0 Å². The highest BCUT2D eigenvalue weighted by Gasteiger charge is 2.35. The minimum Gasteiger partial charge on any atom is -0.206 e. The van der Waals surface area contributed by atoms with Crippen LogP contribution in [-0.4, -0.2) is 0 Å². The molecule has 0 nitrogen and oxygen atoms in total. The van der Waals surface area contributed by atoms with Crippen LogP contribution in [0.1, 0.15) is 63.4 Å². The summed E-state index contributed by atoms with van der Waals surface area (Å²) in [6, 6.07) is 11.9. The second-order valence-corrected chi connectivity index (χ2v) is 7.84. The molecule has 2 saturated carbocycles. The predicted octanol–water partition coefficient (Wildman–Crippen LogP) is 6.69. The van der Waals surface area contributed by atoms with E-state index >= 15 is 0 Å². The second-order valence-electron chi connectivity index (χ2n) is 7.84. The number of fused-ring (bicyclic) bond motifs is 2. The van der Waals surface area contributed by atoms with Gasteiger partial charge in [-0.15, -0.1) is 0 Å². The molecule has 0 spiro atoms. The summed E-state index contributed by atoms with van der Waals surface area (Å²) < 4.78 is 14.4. The summed E-state index contributed by atoms with van der Waals surface area (Å²) in [7, 11) is 0. The zero-order valence-electron chi connectivity index (χ0n) is 14.1. The third kappa shape index (κ3) is 2.91. The maximum atomic E-state index is 14.4. The standard InChI is InChI=1S/C22H27F/c1-2-15-7-8-17-12-18(10-9-16(17)11-15)20-13-19-5-3-4-6-21(19)22(23)14-20/h3-6,13-18H,2,7-12H2,1H3. The SMILES string of the molecule is CCC1CCC2CC(c3cc(F)c4ccccc4c3)CCC2C1. The van der Waals surface area contributed by atoms with Crippen molar-refractivity contribution in [2.45, 2.75) is 57.8 Å². The van der Waals surface area contributed by atoms with E-state index in [2.05, 4.69) is 13.0 Å². The number of halogens is 1. The molecule has 0 saturated heterocycles. The Morgan fingerprint density at radius 2 is 1.74 bits per heavy atom. The van der Waals surface area contributed by atoms with Crippen LogP contribution >= 0.6 is 0 Å². The molecule has 0 amide bonds. The molecule has 122 valence electrons. The van der Waals surface area contributed by atoms with E-state index in [0.717, 1.165) is 28.5 Å². The Morgan fingerprint density at radius 1 is 0.957 bits per heavy atom. The molecular weight excluding hydrogens is 283 g/mol. The fraction of sp³-hybridized carbons (Fsp3) is 0.545. The molecule has 2 aromatic rings. The Hall–Kier alpha value is -1.37. The molecule has 2 aliphatic rings. The summed E-state index contributed by atoms with van der Waals surface area (Å²) in [5.74, 6) is 3.30. The molecule has 4 rings (SSSR count). The van der Waals surface area contributed by atoms with Gasteiger partial charge in [0.25, 0.3) is 0 Å². The van der Waals surface area contributed by atoms with Gasteiger partial charge >= 0.3 is 0 Å². The van der Waals surface area contributed by atoms with Crippen molar-refractivity contribution in [3.8, 4) is 0 Å². The van der Waals surface area contributed by atoms with Crippen LogP contribution in [0.4, 0.5) is 4.39 Å². The number of rotatable bonds is 2. The van der Waals surface area contributed by atoms with Crippen molar-refractivity contribution < 1.29 is 4.39 Å².